The monoisotopic (exact) mass is 156 g/mol. The van der Waals surface area contributed by atoms with Crippen molar-refractivity contribution in [2.24, 2.45) is 0 Å². The van der Waals surface area contributed by atoms with Gasteiger partial charge in [0, 0.05) is 10.7 Å². The van der Waals surface area contributed by atoms with Crippen molar-refractivity contribution in [3.05, 3.63) is 22.3 Å². The van der Waals surface area contributed by atoms with Crippen molar-refractivity contribution in [1.82, 2.24) is 4.98 Å². The summed E-state index contributed by atoms with van der Waals surface area (Å²) in [4.78, 5) is 4.03. The standard InChI is InChI=1S/C7H9ClN2/c1-4-5(2)10-7(9)3-6(4)8/h3H,1-2H3,(H2,9,10). The molecule has 0 atom stereocenters. The molecule has 0 spiro atoms. The van der Waals surface area contributed by atoms with E-state index in [0.717, 1.165) is 11.3 Å². The molecule has 0 radical (unpaired) electrons. The van der Waals surface area contributed by atoms with E-state index in [0.29, 0.717) is 10.8 Å². The van der Waals surface area contributed by atoms with Crippen LogP contribution in [0.2, 0.25) is 5.02 Å². The van der Waals surface area contributed by atoms with Crippen molar-refractivity contribution >= 4 is 17.4 Å². The van der Waals surface area contributed by atoms with Crippen LogP contribution in [0.15, 0.2) is 6.07 Å². The van der Waals surface area contributed by atoms with Crippen LogP contribution >= 0.6 is 11.6 Å². The third-order valence-electron chi connectivity index (χ3n) is 1.47. The number of aromatic nitrogens is 1. The third-order valence-corrected chi connectivity index (χ3v) is 1.86. The maximum absolute atomic E-state index is 5.80. The summed E-state index contributed by atoms with van der Waals surface area (Å²) in [5, 5.41) is 0.685. The van der Waals surface area contributed by atoms with Gasteiger partial charge in [-0.05, 0) is 25.5 Å². The van der Waals surface area contributed by atoms with Crippen LogP contribution in [-0.2, 0) is 0 Å². The molecule has 0 saturated carbocycles. The van der Waals surface area contributed by atoms with Gasteiger partial charge in [-0.3, -0.25) is 0 Å². The van der Waals surface area contributed by atoms with Crippen molar-refractivity contribution in [3.8, 4) is 0 Å². The Kier molecular flexibility index (Phi) is 1.81. The Morgan fingerprint density at radius 1 is 1.50 bits per heavy atom. The highest BCUT2D eigenvalue weighted by Gasteiger charge is 1.99. The molecular formula is C7H9ClN2. The molecule has 2 nitrogen and oxygen atoms in total. The second kappa shape index (κ2) is 2.46. The number of halogens is 1. The number of anilines is 1. The topological polar surface area (TPSA) is 38.9 Å². The van der Waals surface area contributed by atoms with Crippen LogP contribution in [0, 0.1) is 13.8 Å². The number of hydrogen-bond donors (Lipinski definition) is 1. The Morgan fingerprint density at radius 2 is 2.10 bits per heavy atom. The summed E-state index contributed by atoms with van der Waals surface area (Å²) in [6.07, 6.45) is 0. The van der Waals surface area contributed by atoms with Gasteiger partial charge in [-0.15, -0.1) is 0 Å². The molecule has 0 saturated heterocycles. The molecule has 0 amide bonds. The molecule has 1 heterocycles. The minimum absolute atomic E-state index is 0.480. The highest BCUT2D eigenvalue weighted by molar-refractivity contribution is 6.31. The van der Waals surface area contributed by atoms with Crippen LogP contribution in [0.4, 0.5) is 5.82 Å². The summed E-state index contributed by atoms with van der Waals surface area (Å²) in [5.41, 5.74) is 7.32. The van der Waals surface area contributed by atoms with Crippen molar-refractivity contribution in [2.75, 3.05) is 5.73 Å². The Morgan fingerprint density at radius 3 is 2.60 bits per heavy atom. The molecule has 0 aliphatic rings. The summed E-state index contributed by atoms with van der Waals surface area (Å²) in [6.45, 7) is 3.81. The molecular weight excluding hydrogens is 148 g/mol. The van der Waals surface area contributed by atoms with Crippen LogP contribution in [-0.4, -0.2) is 4.98 Å². The lowest BCUT2D eigenvalue weighted by molar-refractivity contribution is 1.16. The van der Waals surface area contributed by atoms with Gasteiger partial charge in [0.2, 0.25) is 0 Å². The normalized spacial score (nSPS) is 9.90. The number of aryl methyl sites for hydroxylation is 1. The van der Waals surface area contributed by atoms with Crippen molar-refractivity contribution < 1.29 is 0 Å². The molecule has 0 unspecified atom stereocenters. The van der Waals surface area contributed by atoms with E-state index in [-0.39, 0.29) is 0 Å². The van der Waals surface area contributed by atoms with E-state index >= 15 is 0 Å². The lowest BCUT2D eigenvalue weighted by Gasteiger charge is -2.01. The van der Waals surface area contributed by atoms with E-state index in [9.17, 15) is 0 Å². The lowest BCUT2D eigenvalue weighted by atomic mass is 10.2. The molecule has 54 valence electrons. The zero-order valence-electron chi connectivity index (χ0n) is 5.98. The largest absolute Gasteiger partial charge is 0.384 e. The van der Waals surface area contributed by atoms with Crippen LogP contribution < -0.4 is 5.73 Å². The fourth-order valence-electron chi connectivity index (χ4n) is 0.721. The quantitative estimate of drug-likeness (QED) is 0.624. The molecule has 0 aliphatic heterocycles. The van der Waals surface area contributed by atoms with Crippen LogP contribution in [0.25, 0.3) is 0 Å². The minimum Gasteiger partial charge on any atom is -0.384 e. The van der Waals surface area contributed by atoms with Crippen LogP contribution in [0.1, 0.15) is 11.3 Å². The van der Waals surface area contributed by atoms with Gasteiger partial charge in [-0.2, -0.15) is 0 Å². The van der Waals surface area contributed by atoms with Crippen LogP contribution in [0.5, 0.6) is 0 Å². The molecule has 0 aromatic carbocycles. The molecule has 0 fully saturated rings. The average Bonchev–Trinajstić information content (AvgIpc) is 1.82. The number of rotatable bonds is 0. The third kappa shape index (κ3) is 1.21. The molecule has 0 bridgehead atoms. The summed E-state index contributed by atoms with van der Waals surface area (Å²) < 4.78 is 0. The number of pyridine rings is 1. The Hall–Kier alpha value is -0.760. The molecule has 0 aliphatic carbocycles. The van der Waals surface area contributed by atoms with E-state index in [1.807, 2.05) is 13.8 Å². The van der Waals surface area contributed by atoms with Crippen molar-refractivity contribution in [3.63, 3.8) is 0 Å². The van der Waals surface area contributed by atoms with E-state index in [2.05, 4.69) is 4.98 Å². The summed E-state index contributed by atoms with van der Waals surface area (Å²) >= 11 is 5.80. The first-order valence-corrected chi connectivity index (χ1v) is 3.38. The first kappa shape index (κ1) is 7.35. The fourth-order valence-corrected chi connectivity index (χ4v) is 0.969. The molecule has 3 heteroatoms. The van der Waals surface area contributed by atoms with Gasteiger partial charge < -0.3 is 5.73 Å². The van der Waals surface area contributed by atoms with Crippen molar-refractivity contribution in [1.29, 1.82) is 0 Å². The maximum Gasteiger partial charge on any atom is 0.125 e. The second-order valence-electron chi connectivity index (χ2n) is 2.24. The first-order chi connectivity index (χ1) is 4.61. The zero-order chi connectivity index (χ0) is 7.72. The van der Waals surface area contributed by atoms with Gasteiger partial charge in [0.1, 0.15) is 5.82 Å². The van der Waals surface area contributed by atoms with Gasteiger partial charge in [0.25, 0.3) is 0 Å². The smallest absolute Gasteiger partial charge is 0.125 e. The fraction of sp³-hybridized carbons (Fsp3) is 0.286. The Bertz CT molecular complexity index is 235. The molecule has 2 N–H and O–H groups in total. The Balaban J connectivity index is 3.31. The number of nitrogens with zero attached hydrogens (tertiary/aromatic N) is 1. The molecule has 1 rings (SSSR count). The summed E-state index contributed by atoms with van der Waals surface area (Å²) in [7, 11) is 0. The van der Waals surface area contributed by atoms with Gasteiger partial charge in [-0.1, -0.05) is 11.6 Å². The van der Waals surface area contributed by atoms with E-state index in [1.165, 1.54) is 0 Å². The maximum atomic E-state index is 5.80. The summed E-state index contributed by atoms with van der Waals surface area (Å²) in [6, 6.07) is 1.66. The predicted molar refractivity (Wildman–Crippen MR) is 43.1 cm³/mol. The number of nitrogen functional groups attached to an aromatic ring is 1. The van der Waals surface area contributed by atoms with Crippen LogP contribution in [0.3, 0.4) is 0 Å². The molecule has 10 heavy (non-hydrogen) atoms. The lowest BCUT2D eigenvalue weighted by Crippen LogP contribution is -1.94. The predicted octanol–water partition coefficient (Wildman–Crippen LogP) is 1.93. The van der Waals surface area contributed by atoms with E-state index < -0.39 is 0 Å². The molecule has 1 aromatic rings. The molecule has 1 aromatic heterocycles. The highest BCUT2D eigenvalue weighted by Crippen LogP contribution is 2.18. The number of nitrogens with two attached hydrogens (primary N) is 1. The van der Waals surface area contributed by atoms with Gasteiger partial charge >= 0.3 is 0 Å². The zero-order valence-corrected chi connectivity index (χ0v) is 6.74. The van der Waals surface area contributed by atoms with E-state index in [4.69, 9.17) is 17.3 Å². The Labute approximate surface area is 65.0 Å². The van der Waals surface area contributed by atoms with Gasteiger partial charge in [0.15, 0.2) is 0 Å². The first-order valence-electron chi connectivity index (χ1n) is 3.00. The van der Waals surface area contributed by atoms with Gasteiger partial charge in [0.05, 0.1) is 0 Å². The van der Waals surface area contributed by atoms with Gasteiger partial charge in [-0.25, -0.2) is 4.98 Å². The van der Waals surface area contributed by atoms with Crippen molar-refractivity contribution in [2.45, 2.75) is 13.8 Å². The SMILES string of the molecule is Cc1nc(N)cc(Cl)c1C. The van der Waals surface area contributed by atoms with E-state index in [1.54, 1.807) is 6.07 Å². The summed E-state index contributed by atoms with van der Waals surface area (Å²) in [5.74, 6) is 0.480. The highest BCUT2D eigenvalue weighted by atomic mass is 35.5. The average molecular weight is 157 g/mol. The number of hydrogen-bond acceptors (Lipinski definition) is 2. The second-order valence-corrected chi connectivity index (χ2v) is 2.65. The minimum atomic E-state index is 0.480.